The Morgan fingerprint density at radius 3 is 2.74 bits per heavy atom. The monoisotopic (exact) mass is 374 g/mol. The first-order valence-electron chi connectivity index (χ1n) is 7.00. The average Bonchev–Trinajstić information content (AvgIpc) is 2.67. The maximum Gasteiger partial charge on any atom is 0.220 e. The molecule has 0 aliphatic rings. The summed E-state index contributed by atoms with van der Waals surface area (Å²) < 4.78 is 6.01. The lowest BCUT2D eigenvalue weighted by Gasteiger charge is -2.06. The second kappa shape index (κ2) is 7.74. The van der Waals surface area contributed by atoms with E-state index in [1.54, 1.807) is 12.1 Å². The van der Waals surface area contributed by atoms with Crippen molar-refractivity contribution in [2.75, 3.05) is 6.61 Å². The van der Waals surface area contributed by atoms with Gasteiger partial charge in [-0.05, 0) is 43.3 Å². The summed E-state index contributed by atoms with van der Waals surface area (Å²) in [6, 6.07) is 11.4. The number of hydrogen-bond acceptors (Lipinski definition) is 4. The summed E-state index contributed by atoms with van der Waals surface area (Å²) in [5.41, 5.74) is 0.0723. The number of para-hydroxylation sites is 1. The average molecular weight is 375 g/mol. The Hall–Kier alpha value is -2.40. The van der Waals surface area contributed by atoms with Crippen LogP contribution in [0.4, 0.5) is 0 Å². The molecule has 0 fully saturated rings. The van der Waals surface area contributed by atoms with Gasteiger partial charge < -0.3 is 9.84 Å². The lowest BCUT2D eigenvalue weighted by molar-refractivity contribution is 0.104. The predicted octanol–water partition coefficient (Wildman–Crippen LogP) is 3.81. The fourth-order valence-corrected chi connectivity index (χ4v) is 2.33. The van der Waals surface area contributed by atoms with Crippen LogP contribution < -0.4 is 10.2 Å². The summed E-state index contributed by atoms with van der Waals surface area (Å²) in [6.07, 6.45) is 2.90. The molecule has 0 spiro atoms. The zero-order valence-corrected chi connectivity index (χ0v) is 14.0. The molecular weight excluding hydrogens is 360 g/mol. The van der Waals surface area contributed by atoms with Gasteiger partial charge in [0.05, 0.1) is 12.2 Å². The quantitative estimate of drug-likeness (QED) is 0.638. The van der Waals surface area contributed by atoms with Crippen LogP contribution >= 0.6 is 15.9 Å². The summed E-state index contributed by atoms with van der Waals surface area (Å²) >= 11 is 3.21. The molecule has 0 radical (unpaired) electrons. The molecule has 0 bridgehead atoms. The van der Waals surface area contributed by atoms with Gasteiger partial charge in [-0.25, -0.2) is 0 Å². The Bertz CT molecular complexity index is 812. The number of ketones is 1. The molecule has 0 saturated heterocycles. The molecule has 0 aromatic heterocycles. The molecule has 2 aromatic rings. The zero-order chi connectivity index (χ0) is 16.8. The van der Waals surface area contributed by atoms with Gasteiger partial charge in [-0.1, -0.05) is 34.1 Å². The minimum atomic E-state index is -0.609. The maximum absolute atomic E-state index is 12.3. The number of hydrogen-bond donors (Lipinski definition) is 1. The number of carbonyl (C=O) groups is 1. The van der Waals surface area contributed by atoms with Gasteiger partial charge in [-0.2, -0.15) is 0 Å². The first-order chi connectivity index (χ1) is 11.0. The van der Waals surface area contributed by atoms with Crippen molar-refractivity contribution < 1.29 is 14.6 Å². The van der Waals surface area contributed by atoms with Gasteiger partial charge in [0.2, 0.25) is 5.43 Å². The van der Waals surface area contributed by atoms with Crippen LogP contribution in [0.15, 0.2) is 57.8 Å². The number of halogens is 1. The summed E-state index contributed by atoms with van der Waals surface area (Å²) in [5.74, 6) is -0.376. The van der Waals surface area contributed by atoms with Crippen molar-refractivity contribution in [3.63, 3.8) is 0 Å². The van der Waals surface area contributed by atoms with Gasteiger partial charge in [-0.15, -0.1) is 0 Å². The summed E-state index contributed by atoms with van der Waals surface area (Å²) in [6.45, 7) is 2.39. The summed E-state index contributed by atoms with van der Waals surface area (Å²) in [5, 5.41) is 9.88. The van der Waals surface area contributed by atoms with Crippen molar-refractivity contribution in [3.8, 4) is 11.5 Å². The van der Waals surface area contributed by atoms with Crippen LogP contribution in [0.1, 0.15) is 22.8 Å². The Balaban J connectivity index is 2.37. The third-order valence-electron chi connectivity index (χ3n) is 3.06. The Kier molecular flexibility index (Phi) is 5.71. The fourth-order valence-electron chi connectivity index (χ4n) is 1.97. The van der Waals surface area contributed by atoms with Gasteiger partial charge in [-0.3, -0.25) is 9.59 Å². The number of carbonyl (C=O) groups excluding carboxylic acids is 1. The van der Waals surface area contributed by atoms with Gasteiger partial charge in [0.25, 0.3) is 0 Å². The van der Waals surface area contributed by atoms with Crippen molar-refractivity contribution in [1.82, 2.24) is 0 Å². The molecule has 0 atom stereocenters. The first-order valence-corrected chi connectivity index (χ1v) is 7.79. The van der Waals surface area contributed by atoms with E-state index in [1.807, 2.05) is 25.1 Å². The maximum atomic E-state index is 12.3. The largest absolute Gasteiger partial charge is 0.504 e. The van der Waals surface area contributed by atoms with E-state index in [2.05, 4.69) is 15.9 Å². The van der Waals surface area contributed by atoms with Crippen molar-refractivity contribution in [2.45, 2.75) is 6.92 Å². The van der Waals surface area contributed by atoms with Crippen LogP contribution in [-0.4, -0.2) is 17.5 Å². The molecule has 0 aliphatic heterocycles. The predicted molar refractivity (Wildman–Crippen MR) is 93.1 cm³/mol. The first kappa shape index (κ1) is 17.0. The molecule has 0 aliphatic carbocycles. The van der Waals surface area contributed by atoms with E-state index < -0.39 is 17.0 Å². The third-order valence-corrected chi connectivity index (χ3v) is 3.56. The second-order valence-corrected chi connectivity index (χ2v) is 5.57. The fraction of sp³-hybridized carbons (Fsp3) is 0.111. The molecule has 0 saturated carbocycles. The molecule has 0 unspecified atom stereocenters. The lowest BCUT2D eigenvalue weighted by atomic mass is 10.1. The van der Waals surface area contributed by atoms with Gasteiger partial charge >= 0.3 is 0 Å². The van der Waals surface area contributed by atoms with E-state index in [0.29, 0.717) is 16.8 Å². The van der Waals surface area contributed by atoms with Crippen LogP contribution in [0.25, 0.3) is 6.08 Å². The lowest BCUT2D eigenvalue weighted by Crippen LogP contribution is -2.01. The highest BCUT2D eigenvalue weighted by Crippen LogP contribution is 2.21. The van der Waals surface area contributed by atoms with Crippen molar-refractivity contribution in [2.24, 2.45) is 0 Å². The minimum absolute atomic E-state index is 0.0583. The molecule has 0 amide bonds. The SMILES string of the molecule is CCOc1ccccc1/C=C\C(=O)c1cc(Br)ccc(=O)c1O. The molecule has 23 heavy (non-hydrogen) atoms. The zero-order valence-electron chi connectivity index (χ0n) is 12.5. The third kappa shape index (κ3) is 4.29. The van der Waals surface area contributed by atoms with E-state index in [0.717, 1.165) is 5.56 Å². The van der Waals surface area contributed by atoms with Crippen LogP contribution in [0.5, 0.6) is 11.5 Å². The van der Waals surface area contributed by atoms with Crippen molar-refractivity contribution in [3.05, 3.63) is 74.4 Å². The number of rotatable bonds is 5. The normalized spacial score (nSPS) is 10.7. The summed E-state index contributed by atoms with van der Waals surface area (Å²) in [7, 11) is 0. The standard InChI is InChI=1S/C18H15BrO4/c1-2-23-17-6-4-3-5-12(17)7-9-15(20)14-11-13(19)8-10-16(21)18(14)22/h3-11H,2H2,1H3,(H,21,22)/b9-7-. The highest BCUT2D eigenvalue weighted by Gasteiger charge is 2.11. The van der Waals surface area contributed by atoms with E-state index in [4.69, 9.17) is 4.74 Å². The highest BCUT2D eigenvalue weighted by atomic mass is 79.9. The summed E-state index contributed by atoms with van der Waals surface area (Å²) in [4.78, 5) is 23.9. The molecule has 118 valence electrons. The van der Waals surface area contributed by atoms with Crippen LogP contribution in [0.2, 0.25) is 0 Å². The molecule has 1 N–H and O–H groups in total. The number of ether oxygens (including phenoxy) is 1. The Morgan fingerprint density at radius 1 is 1.26 bits per heavy atom. The number of aromatic hydroxyl groups is 1. The van der Waals surface area contributed by atoms with Gasteiger partial charge in [0.15, 0.2) is 11.5 Å². The molecule has 2 rings (SSSR count). The van der Waals surface area contributed by atoms with Crippen LogP contribution in [0, 0.1) is 0 Å². The van der Waals surface area contributed by atoms with E-state index >= 15 is 0 Å². The Morgan fingerprint density at radius 2 is 2.00 bits per heavy atom. The molecule has 4 nitrogen and oxygen atoms in total. The van der Waals surface area contributed by atoms with Crippen molar-refractivity contribution in [1.29, 1.82) is 0 Å². The Labute approximate surface area is 142 Å². The van der Waals surface area contributed by atoms with E-state index in [1.165, 1.54) is 24.3 Å². The van der Waals surface area contributed by atoms with Crippen LogP contribution in [0.3, 0.4) is 0 Å². The topological polar surface area (TPSA) is 63.6 Å². The van der Waals surface area contributed by atoms with E-state index in [9.17, 15) is 14.7 Å². The van der Waals surface area contributed by atoms with Crippen molar-refractivity contribution >= 4 is 27.8 Å². The number of benzene rings is 1. The molecular formula is C18H15BrO4. The van der Waals surface area contributed by atoms with E-state index in [-0.39, 0.29) is 5.56 Å². The van der Waals surface area contributed by atoms with Gasteiger partial charge in [0.1, 0.15) is 5.75 Å². The smallest absolute Gasteiger partial charge is 0.220 e. The minimum Gasteiger partial charge on any atom is -0.504 e. The van der Waals surface area contributed by atoms with Gasteiger partial charge in [0, 0.05) is 10.0 Å². The second-order valence-electron chi connectivity index (χ2n) is 4.66. The van der Waals surface area contributed by atoms with Crippen LogP contribution in [-0.2, 0) is 0 Å². The molecule has 2 aromatic carbocycles. The molecule has 0 heterocycles. The number of allylic oxidation sites excluding steroid dienone is 1. The highest BCUT2D eigenvalue weighted by molar-refractivity contribution is 9.10. The molecule has 5 heteroatoms.